The maximum Gasteiger partial charge on any atom is 0.0212 e. The highest BCUT2D eigenvalue weighted by atomic mass is 15.1. The SMILES string of the molecule is CCN1CCC(C(C)C)=C1C. The van der Waals surface area contributed by atoms with Crippen LogP contribution < -0.4 is 0 Å². The molecule has 0 unspecified atom stereocenters. The van der Waals surface area contributed by atoms with Gasteiger partial charge < -0.3 is 4.90 Å². The molecule has 1 heterocycles. The van der Waals surface area contributed by atoms with Crippen molar-refractivity contribution in [2.45, 2.75) is 34.1 Å². The van der Waals surface area contributed by atoms with Crippen LogP contribution in [-0.2, 0) is 0 Å². The van der Waals surface area contributed by atoms with E-state index < -0.39 is 0 Å². The van der Waals surface area contributed by atoms with Crippen LogP contribution >= 0.6 is 0 Å². The van der Waals surface area contributed by atoms with Gasteiger partial charge in [0.2, 0.25) is 0 Å². The summed E-state index contributed by atoms with van der Waals surface area (Å²) in [5, 5.41) is 0. The molecule has 64 valence electrons. The van der Waals surface area contributed by atoms with E-state index in [0.717, 1.165) is 5.92 Å². The van der Waals surface area contributed by atoms with Crippen LogP contribution in [0.3, 0.4) is 0 Å². The lowest BCUT2D eigenvalue weighted by Crippen LogP contribution is -2.17. The van der Waals surface area contributed by atoms with E-state index in [1.165, 1.54) is 25.2 Å². The van der Waals surface area contributed by atoms with Gasteiger partial charge in [0.25, 0.3) is 0 Å². The van der Waals surface area contributed by atoms with Gasteiger partial charge in [-0.25, -0.2) is 0 Å². The van der Waals surface area contributed by atoms with Crippen LogP contribution in [0.5, 0.6) is 0 Å². The molecule has 0 radical (unpaired) electrons. The standard InChI is InChI=1S/C10H19N/c1-5-11-7-6-10(8(2)3)9(11)4/h8H,5-7H2,1-4H3. The van der Waals surface area contributed by atoms with Crippen molar-refractivity contribution in [2.24, 2.45) is 5.92 Å². The molecule has 0 aliphatic carbocycles. The summed E-state index contributed by atoms with van der Waals surface area (Å²) in [6, 6.07) is 0. The first kappa shape index (κ1) is 8.63. The molecule has 0 spiro atoms. The third-order valence-electron chi connectivity index (χ3n) is 2.67. The summed E-state index contributed by atoms with van der Waals surface area (Å²) in [5.41, 5.74) is 3.19. The second-order valence-electron chi connectivity index (χ2n) is 3.60. The van der Waals surface area contributed by atoms with Crippen molar-refractivity contribution in [3.63, 3.8) is 0 Å². The molecule has 11 heavy (non-hydrogen) atoms. The van der Waals surface area contributed by atoms with Gasteiger partial charge in [0, 0.05) is 18.8 Å². The number of hydrogen-bond acceptors (Lipinski definition) is 1. The Kier molecular flexibility index (Phi) is 2.58. The second kappa shape index (κ2) is 3.29. The molecule has 1 nitrogen and oxygen atoms in total. The lowest BCUT2D eigenvalue weighted by atomic mass is 10.0. The molecule has 0 fully saturated rings. The zero-order valence-corrected chi connectivity index (χ0v) is 8.15. The zero-order chi connectivity index (χ0) is 8.43. The average molecular weight is 153 g/mol. The molecule has 0 bridgehead atoms. The first-order chi connectivity index (χ1) is 5.16. The van der Waals surface area contributed by atoms with E-state index >= 15 is 0 Å². The molecule has 0 N–H and O–H groups in total. The molecule has 0 aromatic heterocycles. The van der Waals surface area contributed by atoms with E-state index in [1.807, 2.05) is 0 Å². The van der Waals surface area contributed by atoms with Gasteiger partial charge in [-0.2, -0.15) is 0 Å². The lowest BCUT2D eigenvalue weighted by molar-refractivity contribution is 0.398. The monoisotopic (exact) mass is 153 g/mol. The van der Waals surface area contributed by atoms with Crippen LogP contribution in [0.2, 0.25) is 0 Å². The molecule has 0 aromatic rings. The minimum absolute atomic E-state index is 0.742. The molecule has 1 aliphatic rings. The topological polar surface area (TPSA) is 3.24 Å². The summed E-state index contributed by atoms with van der Waals surface area (Å²) in [6.45, 7) is 11.5. The van der Waals surface area contributed by atoms with E-state index in [2.05, 4.69) is 32.6 Å². The van der Waals surface area contributed by atoms with Gasteiger partial charge in [-0.1, -0.05) is 13.8 Å². The Morgan fingerprint density at radius 2 is 2.09 bits per heavy atom. The summed E-state index contributed by atoms with van der Waals surface area (Å²) < 4.78 is 0. The van der Waals surface area contributed by atoms with Crippen LogP contribution in [0.25, 0.3) is 0 Å². The van der Waals surface area contributed by atoms with Gasteiger partial charge in [-0.15, -0.1) is 0 Å². The molecule has 0 aromatic carbocycles. The Balaban J connectivity index is 2.72. The van der Waals surface area contributed by atoms with Crippen molar-refractivity contribution in [3.05, 3.63) is 11.3 Å². The van der Waals surface area contributed by atoms with E-state index in [9.17, 15) is 0 Å². The summed E-state index contributed by atoms with van der Waals surface area (Å²) in [7, 11) is 0. The minimum Gasteiger partial charge on any atom is -0.375 e. The van der Waals surface area contributed by atoms with Crippen LogP contribution in [0.1, 0.15) is 34.1 Å². The normalized spacial score (nSPS) is 18.8. The predicted molar refractivity (Wildman–Crippen MR) is 49.4 cm³/mol. The highest BCUT2D eigenvalue weighted by molar-refractivity contribution is 5.18. The highest BCUT2D eigenvalue weighted by Crippen LogP contribution is 2.27. The second-order valence-corrected chi connectivity index (χ2v) is 3.60. The molecular weight excluding hydrogens is 134 g/mol. The Bertz CT molecular complexity index is 168. The minimum atomic E-state index is 0.742. The van der Waals surface area contributed by atoms with Gasteiger partial charge in [-0.3, -0.25) is 0 Å². The lowest BCUT2D eigenvalue weighted by Gasteiger charge is -2.17. The molecule has 0 amide bonds. The maximum absolute atomic E-state index is 2.47. The van der Waals surface area contributed by atoms with Gasteiger partial charge in [0.15, 0.2) is 0 Å². The van der Waals surface area contributed by atoms with Crippen molar-refractivity contribution in [1.29, 1.82) is 0 Å². The Morgan fingerprint density at radius 1 is 1.45 bits per heavy atom. The summed E-state index contributed by atoms with van der Waals surface area (Å²) in [6.07, 6.45) is 1.29. The summed E-state index contributed by atoms with van der Waals surface area (Å²) in [4.78, 5) is 2.47. The predicted octanol–water partition coefficient (Wildman–Crippen LogP) is 2.64. The van der Waals surface area contributed by atoms with E-state index in [4.69, 9.17) is 0 Å². The van der Waals surface area contributed by atoms with Crippen molar-refractivity contribution in [3.8, 4) is 0 Å². The Labute approximate surface area is 70.1 Å². The molecule has 1 aliphatic heterocycles. The maximum atomic E-state index is 2.47. The first-order valence-corrected chi connectivity index (χ1v) is 4.61. The molecule has 1 heteroatoms. The Hall–Kier alpha value is -0.460. The third-order valence-corrected chi connectivity index (χ3v) is 2.67. The largest absolute Gasteiger partial charge is 0.375 e. The van der Waals surface area contributed by atoms with Crippen molar-refractivity contribution >= 4 is 0 Å². The van der Waals surface area contributed by atoms with Crippen LogP contribution in [0.4, 0.5) is 0 Å². The molecule has 0 atom stereocenters. The van der Waals surface area contributed by atoms with E-state index in [-0.39, 0.29) is 0 Å². The molecular formula is C10H19N. The average Bonchev–Trinajstić information content (AvgIpc) is 2.30. The number of rotatable bonds is 2. The van der Waals surface area contributed by atoms with E-state index in [0.29, 0.717) is 0 Å². The first-order valence-electron chi connectivity index (χ1n) is 4.61. The van der Waals surface area contributed by atoms with Gasteiger partial charge >= 0.3 is 0 Å². The highest BCUT2D eigenvalue weighted by Gasteiger charge is 2.18. The Morgan fingerprint density at radius 3 is 2.36 bits per heavy atom. The summed E-state index contributed by atoms with van der Waals surface area (Å²) in [5.74, 6) is 0.742. The zero-order valence-electron chi connectivity index (χ0n) is 8.15. The number of nitrogens with zero attached hydrogens (tertiary/aromatic N) is 1. The molecule has 1 rings (SSSR count). The third kappa shape index (κ3) is 1.58. The quantitative estimate of drug-likeness (QED) is 0.589. The number of allylic oxidation sites excluding steroid dienone is 1. The fraction of sp³-hybridized carbons (Fsp3) is 0.800. The van der Waals surface area contributed by atoms with Crippen LogP contribution in [0.15, 0.2) is 11.3 Å². The molecule has 0 saturated carbocycles. The fourth-order valence-corrected chi connectivity index (χ4v) is 1.91. The van der Waals surface area contributed by atoms with Gasteiger partial charge in [0.1, 0.15) is 0 Å². The van der Waals surface area contributed by atoms with Crippen molar-refractivity contribution < 1.29 is 0 Å². The van der Waals surface area contributed by atoms with Crippen LogP contribution in [0, 0.1) is 5.92 Å². The van der Waals surface area contributed by atoms with Crippen molar-refractivity contribution in [1.82, 2.24) is 4.90 Å². The fourth-order valence-electron chi connectivity index (χ4n) is 1.91. The number of hydrogen-bond donors (Lipinski definition) is 0. The van der Waals surface area contributed by atoms with Crippen LogP contribution in [-0.4, -0.2) is 18.0 Å². The van der Waals surface area contributed by atoms with Gasteiger partial charge in [-0.05, 0) is 31.8 Å². The van der Waals surface area contributed by atoms with Gasteiger partial charge in [0.05, 0.1) is 0 Å². The van der Waals surface area contributed by atoms with E-state index in [1.54, 1.807) is 5.57 Å². The molecule has 0 saturated heterocycles. The smallest absolute Gasteiger partial charge is 0.0212 e. The van der Waals surface area contributed by atoms with Crippen molar-refractivity contribution in [2.75, 3.05) is 13.1 Å². The summed E-state index contributed by atoms with van der Waals surface area (Å²) >= 11 is 0.